The van der Waals surface area contributed by atoms with E-state index in [2.05, 4.69) is 32.9 Å². The molecule has 1 atom stereocenters. The molecule has 0 aliphatic carbocycles. The van der Waals surface area contributed by atoms with Gasteiger partial charge in [-0.05, 0) is 22.5 Å². The molecule has 0 saturated heterocycles. The quantitative estimate of drug-likeness (QED) is 0.855. The number of carbonyl (C=O) groups excluding carboxylic acids is 1. The van der Waals surface area contributed by atoms with Crippen molar-refractivity contribution in [1.29, 1.82) is 0 Å². The van der Waals surface area contributed by atoms with Crippen molar-refractivity contribution < 1.29 is 9.90 Å². The van der Waals surface area contributed by atoms with E-state index in [4.69, 9.17) is 0 Å². The molecule has 0 spiro atoms. The lowest BCUT2D eigenvalue weighted by Gasteiger charge is -2.20. The van der Waals surface area contributed by atoms with Crippen LogP contribution in [-0.4, -0.2) is 17.0 Å². The molecule has 1 aromatic carbocycles. The number of Topliss-reactive ketones (excluding diaryl/α,β-unsaturated/α-hetero) is 1. The van der Waals surface area contributed by atoms with Gasteiger partial charge in [0, 0.05) is 6.42 Å². The maximum absolute atomic E-state index is 12.1. The Morgan fingerprint density at radius 2 is 1.60 bits per heavy atom. The Morgan fingerprint density at radius 1 is 1.10 bits per heavy atom. The van der Waals surface area contributed by atoms with Crippen LogP contribution < -0.4 is 0 Å². The molecule has 0 bridgehead atoms. The molecule has 2 nitrogen and oxygen atoms in total. The second kappa shape index (κ2) is 7.03. The van der Waals surface area contributed by atoms with Crippen LogP contribution in [0, 0.1) is 5.92 Å². The number of hydrogen-bond acceptors (Lipinski definition) is 2. The van der Waals surface area contributed by atoms with E-state index in [-0.39, 0.29) is 17.1 Å². The van der Waals surface area contributed by atoms with Crippen molar-refractivity contribution in [2.45, 2.75) is 65.4 Å². The van der Waals surface area contributed by atoms with Gasteiger partial charge in [-0.3, -0.25) is 4.79 Å². The van der Waals surface area contributed by atoms with E-state index in [1.54, 1.807) is 0 Å². The summed E-state index contributed by atoms with van der Waals surface area (Å²) >= 11 is 0. The molecule has 0 aromatic heterocycles. The number of ketones is 1. The van der Waals surface area contributed by atoms with Gasteiger partial charge in [0.2, 0.25) is 0 Å². The number of aliphatic hydroxyl groups excluding tert-OH is 1. The molecule has 0 heterocycles. The van der Waals surface area contributed by atoms with Gasteiger partial charge in [-0.1, -0.05) is 71.7 Å². The van der Waals surface area contributed by atoms with Crippen molar-refractivity contribution in [3.05, 3.63) is 35.4 Å². The molecule has 0 fully saturated rings. The third kappa shape index (κ3) is 4.45. The summed E-state index contributed by atoms with van der Waals surface area (Å²) < 4.78 is 0. The number of aliphatic hydroxyl groups is 1. The smallest absolute Gasteiger partial charge is 0.165 e. The summed E-state index contributed by atoms with van der Waals surface area (Å²) in [6.07, 6.45) is 1.17. The Kier molecular flexibility index (Phi) is 5.94. The van der Waals surface area contributed by atoms with Crippen molar-refractivity contribution in [2.24, 2.45) is 5.92 Å². The first-order valence-corrected chi connectivity index (χ1v) is 7.59. The maximum Gasteiger partial charge on any atom is 0.165 e. The molecule has 1 N–H and O–H groups in total. The van der Waals surface area contributed by atoms with Crippen LogP contribution in [0.15, 0.2) is 24.3 Å². The number of hydrogen-bond donors (Lipinski definition) is 1. The van der Waals surface area contributed by atoms with Gasteiger partial charge in [0.15, 0.2) is 5.78 Å². The summed E-state index contributed by atoms with van der Waals surface area (Å²) in [5.41, 5.74) is 2.36. The van der Waals surface area contributed by atoms with E-state index >= 15 is 0 Å². The largest absolute Gasteiger partial charge is 0.385 e. The highest BCUT2D eigenvalue weighted by molar-refractivity contribution is 5.85. The maximum atomic E-state index is 12.1. The zero-order chi connectivity index (χ0) is 15.3. The molecule has 1 rings (SSSR count). The van der Waals surface area contributed by atoms with Gasteiger partial charge in [-0.15, -0.1) is 0 Å². The van der Waals surface area contributed by atoms with Gasteiger partial charge in [0.25, 0.3) is 0 Å². The first kappa shape index (κ1) is 16.9. The van der Waals surface area contributed by atoms with E-state index < -0.39 is 6.10 Å². The molecule has 0 radical (unpaired) electrons. The molecule has 2 heteroatoms. The van der Waals surface area contributed by atoms with E-state index in [0.717, 1.165) is 18.4 Å². The van der Waals surface area contributed by atoms with Crippen molar-refractivity contribution in [2.75, 3.05) is 0 Å². The van der Waals surface area contributed by atoms with E-state index in [0.29, 0.717) is 6.42 Å². The van der Waals surface area contributed by atoms with Gasteiger partial charge in [0.1, 0.15) is 6.10 Å². The highest BCUT2D eigenvalue weighted by Crippen LogP contribution is 2.23. The molecule has 1 aromatic rings. The molecular formula is C18H28O2. The average molecular weight is 276 g/mol. The van der Waals surface area contributed by atoms with Crippen LogP contribution in [0.5, 0.6) is 0 Å². The topological polar surface area (TPSA) is 37.3 Å². The Bertz CT molecular complexity index is 422. The number of carbonyl (C=O) groups is 1. The summed E-state index contributed by atoms with van der Waals surface area (Å²) in [7, 11) is 0. The normalized spacial score (nSPS) is 13.6. The lowest BCUT2D eigenvalue weighted by atomic mass is 9.86. The fraction of sp³-hybridized carbons (Fsp3) is 0.611. The summed E-state index contributed by atoms with van der Waals surface area (Å²) in [6.45, 7) is 10.5. The van der Waals surface area contributed by atoms with Gasteiger partial charge in [-0.25, -0.2) is 0 Å². The van der Waals surface area contributed by atoms with E-state index in [9.17, 15) is 9.90 Å². The summed E-state index contributed by atoms with van der Waals surface area (Å²) in [5.74, 6) is 0.0126. The van der Waals surface area contributed by atoms with Crippen LogP contribution in [0.2, 0.25) is 0 Å². The zero-order valence-electron chi connectivity index (χ0n) is 13.4. The summed E-state index contributed by atoms with van der Waals surface area (Å²) in [6, 6.07) is 8.15. The molecule has 0 aliphatic rings. The lowest BCUT2D eigenvalue weighted by molar-refractivity contribution is -0.129. The minimum atomic E-state index is -0.827. The third-order valence-corrected chi connectivity index (χ3v) is 4.02. The Labute approximate surface area is 123 Å². The minimum absolute atomic E-state index is 0.0674. The monoisotopic (exact) mass is 276 g/mol. The van der Waals surface area contributed by atoms with Crippen LogP contribution in [0.4, 0.5) is 0 Å². The fourth-order valence-corrected chi connectivity index (χ4v) is 2.43. The van der Waals surface area contributed by atoms with Crippen molar-refractivity contribution in [3.8, 4) is 0 Å². The summed E-state index contributed by atoms with van der Waals surface area (Å²) in [5, 5.41) is 10.1. The lowest BCUT2D eigenvalue weighted by Crippen LogP contribution is -2.30. The predicted molar refractivity (Wildman–Crippen MR) is 83.9 cm³/mol. The number of benzene rings is 1. The van der Waals surface area contributed by atoms with Crippen molar-refractivity contribution in [3.63, 3.8) is 0 Å². The van der Waals surface area contributed by atoms with Gasteiger partial charge in [0.05, 0.1) is 0 Å². The first-order valence-electron chi connectivity index (χ1n) is 7.59. The van der Waals surface area contributed by atoms with Crippen LogP contribution in [0.1, 0.15) is 58.6 Å². The predicted octanol–water partition coefficient (Wildman–Crippen LogP) is 3.89. The van der Waals surface area contributed by atoms with Gasteiger partial charge >= 0.3 is 0 Å². The standard InChI is InChI=1S/C18H28O2/c1-6-14(7-2)17(20)16(19)12-13-8-10-15(11-9-13)18(3,4)5/h8-11,14,17,20H,6-7,12H2,1-5H3. The Hall–Kier alpha value is -1.15. The molecule has 112 valence electrons. The summed E-state index contributed by atoms with van der Waals surface area (Å²) in [4.78, 5) is 12.1. The van der Waals surface area contributed by atoms with Gasteiger partial charge in [-0.2, -0.15) is 0 Å². The van der Waals surface area contributed by atoms with E-state index in [1.807, 2.05) is 26.0 Å². The Morgan fingerprint density at radius 3 is 2.00 bits per heavy atom. The highest BCUT2D eigenvalue weighted by Gasteiger charge is 2.23. The molecule has 20 heavy (non-hydrogen) atoms. The molecule has 0 aliphatic heterocycles. The molecule has 0 amide bonds. The second-order valence-electron chi connectivity index (χ2n) is 6.61. The SMILES string of the molecule is CCC(CC)C(O)C(=O)Cc1ccc(C(C)(C)C)cc1. The van der Waals surface area contributed by atoms with Crippen molar-refractivity contribution >= 4 is 5.78 Å². The van der Waals surface area contributed by atoms with E-state index in [1.165, 1.54) is 5.56 Å². The van der Waals surface area contributed by atoms with Gasteiger partial charge < -0.3 is 5.11 Å². The fourth-order valence-electron chi connectivity index (χ4n) is 2.43. The second-order valence-corrected chi connectivity index (χ2v) is 6.61. The molecular weight excluding hydrogens is 248 g/mol. The zero-order valence-corrected chi connectivity index (χ0v) is 13.4. The van der Waals surface area contributed by atoms with Crippen molar-refractivity contribution in [1.82, 2.24) is 0 Å². The van der Waals surface area contributed by atoms with Crippen LogP contribution in [0.3, 0.4) is 0 Å². The number of rotatable bonds is 6. The molecule has 1 unspecified atom stereocenters. The highest BCUT2D eigenvalue weighted by atomic mass is 16.3. The first-order chi connectivity index (χ1) is 9.29. The molecule has 0 saturated carbocycles. The average Bonchev–Trinajstić information content (AvgIpc) is 2.39. The minimum Gasteiger partial charge on any atom is -0.385 e. The van der Waals surface area contributed by atoms with Crippen LogP contribution >= 0.6 is 0 Å². The van der Waals surface area contributed by atoms with Crippen LogP contribution in [0.25, 0.3) is 0 Å². The third-order valence-electron chi connectivity index (χ3n) is 4.02. The van der Waals surface area contributed by atoms with Crippen LogP contribution in [-0.2, 0) is 16.6 Å². The Balaban J connectivity index is 2.72.